The molecule has 0 bridgehead atoms. The van der Waals surface area contributed by atoms with Gasteiger partial charge >= 0.3 is 11.8 Å². The molecule has 1 aromatic carbocycles. The Morgan fingerprint density at radius 1 is 1.21 bits per heavy atom. The molecule has 0 unspecified atom stereocenters. The standard InChI is InChI=1S/C16H21ClN4O3/c1-9(2)18-14(22)8-10(3)20-21-16(24)15(23)19-13-7-5-6-12(17)11(13)4/h5-7,9H,8H2,1-4H3,(H,18,22)(H,19,23)(H,21,24)/b20-10+. The summed E-state index contributed by atoms with van der Waals surface area (Å²) >= 11 is 5.95. The van der Waals surface area contributed by atoms with Crippen LogP contribution in [-0.2, 0) is 14.4 Å². The van der Waals surface area contributed by atoms with E-state index in [0.29, 0.717) is 22.0 Å². The molecule has 0 saturated heterocycles. The first-order chi connectivity index (χ1) is 11.2. The lowest BCUT2D eigenvalue weighted by Crippen LogP contribution is -2.34. The van der Waals surface area contributed by atoms with Gasteiger partial charge in [-0.1, -0.05) is 17.7 Å². The fraction of sp³-hybridized carbons (Fsp3) is 0.375. The van der Waals surface area contributed by atoms with Crippen molar-refractivity contribution in [2.24, 2.45) is 5.10 Å². The lowest BCUT2D eigenvalue weighted by Gasteiger charge is -2.09. The zero-order chi connectivity index (χ0) is 18.3. The molecule has 0 saturated carbocycles. The Hall–Kier alpha value is -2.41. The highest BCUT2D eigenvalue weighted by Crippen LogP contribution is 2.22. The molecule has 1 rings (SSSR count). The van der Waals surface area contributed by atoms with Crippen LogP contribution < -0.4 is 16.1 Å². The number of nitrogens with zero attached hydrogens (tertiary/aromatic N) is 1. The summed E-state index contributed by atoms with van der Waals surface area (Å²) in [4.78, 5) is 35.1. The highest BCUT2D eigenvalue weighted by molar-refractivity contribution is 6.40. The first-order valence-corrected chi connectivity index (χ1v) is 7.77. The first kappa shape index (κ1) is 19.6. The topological polar surface area (TPSA) is 99.7 Å². The van der Waals surface area contributed by atoms with Crippen LogP contribution in [0, 0.1) is 6.92 Å². The zero-order valence-electron chi connectivity index (χ0n) is 14.1. The van der Waals surface area contributed by atoms with Crippen LogP contribution in [-0.4, -0.2) is 29.5 Å². The minimum Gasteiger partial charge on any atom is -0.354 e. The average molecular weight is 353 g/mol. The van der Waals surface area contributed by atoms with Crippen molar-refractivity contribution < 1.29 is 14.4 Å². The van der Waals surface area contributed by atoms with Crippen LogP contribution in [0.4, 0.5) is 5.69 Å². The number of benzene rings is 1. The molecule has 130 valence electrons. The molecule has 3 amide bonds. The third kappa shape index (κ3) is 6.37. The Morgan fingerprint density at radius 2 is 1.88 bits per heavy atom. The molecule has 1 aromatic rings. The van der Waals surface area contributed by atoms with E-state index >= 15 is 0 Å². The van der Waals surface area contributed by atoms with E-state index in [0.717, 1.165) is 0 Å². The summed E-state index contributed by atoms with van der Waals surface area (Å²) in [5.41, 5.74) is 3.60. The number of hydrogen-bond acceptors (Lipinski definition) is 4. The molecule has 7 nitrogen and oxygen atoms in total. The Bertz CT molecular complexity index is 671. The van der Waals surface area contributed by atoms with Crippen LogP contribution in [0.3, 0.4) is 0 Å². The molecule has 0 heterocycles. The molecule has 0 aliphatic carbocycles. The number of hydrogen-bond donors (Lipinski definition) is 3. The van der Waals surface area contributed by atoms with Gasteiger partial charge in [0.2, 0.25) is 5.91 Å². The maximum absolute atomic E-state index is 11.8. The molecule has 0 radical (unpaired) electrons. The molecular weight excluding hydrogens is 332 g/mol. The maximum Gasteiger partial charge on any atom is 0.329 e. The van der Waals surface area contributed by atoms with Crippen molar-refractivity contribution in [2.45, 2.75) is 40.2 Å². The molecule has 0 aliphatic rings. The summed E-state index contributed by atoms with van der Waals surface area (Å²) in [5, 5.41) is 9.39. The van der Waals surface area contributed by atoms with E-state index in [1.165, 1.54) is 0 Å². The van der Waals surface area contributed by atoms with Crippen molar-refractivity contribution >= 4 is 40.7 Å². The highest BCUT2D eigenvalue weighted by atomic mass is 35.5. The largest absolute Gasteiger partial charge is 0.354 e. The SMILES string of the molecule is C/C(CC(=O)NC(C)C)=N\NC(=O)C(=O)Nc1cccc(Cl)c1C. The summed E-state index contributed by atoms with van der Waals surface area (Å²) < 4.78 is 0. The molecule has 0 fully saturated rings. The summed E-state index contributed by atoms with van der Waals surface area (Å²) in [6, 6.07) is 5.00. The lowest BCUT2D eigenvalue weighted by atomic mass is 10.2. The quantitative estimate of drug-likeness (QED) is 0.429. The van der Waals surface area contributed by atoms with Crippen molar-refractivity contribution in [3.63, 3.8) is 0 Å². The van der Waals surface area contributed by atoms with Crippen LogP contribution >= 0.6 is 11.6 Å². The molecule has 0 aliphatic heterocycles. The van der Waals surface area contributed by atoms with Gasteiger partial charge in [-0.3, -0.25) is 14.4 Å². The summed E-state index contributed by atoms with van der Waals surface area (Å²) in [7, 11) is 0. The second kappa shape index (κ2) is 9.02. The van der Waals surface area contributed by atoms with Gasteiger partial charge in [0.05, 0.1) is 6.42 Å². The highest BCUT2D eigenvalue weighted by Gasteiger charge is 2.15. The Morgan fingerprint density at radius 3 is 2.50 bits per heavy atom. The Labute approximate surface area is 145 Å². The van der Waals surface area contributed by atoms with Gasteiger partial charge in [0, 0.05) is 22.5 Å². The number of anilines is 1. The molecule has 0 spiro atoms. The van der Waals surface area contributed by atoms with E-state index in [1.54, 1.807) is 32.0 Å². The normalized spacial score (nSPS) is 11.2. The van der Waals surface area contributed by atoms with E-state index in [1.807, 2.05) is 13.8 Å². The minimum absolute atomic E-state index is 0.0200. The molecule has 8 heteroatoms. The zero-order valence-corrected chi connectivity index (χ0v) is 14.8. The monoisotopic (exact) mass is 352 g/mol. The number of rotatable bonds is 5. The van der Waals surface area contributed by atoms with Crippen molar-refractivity contribution in [2.75, 3.05) is 5.32 Å². The fourth-order valence-electron chi connectivity index (χ4n) is 1.76. The molecule has 24 heavy (non-hydrogen) atoms. The van der Waals surface area contributed by atoms with Gasteiger partial charge in [-0.05, 0) is 45.4 Å². The van der Waals surface area contributed by atoms with E-state index in [4.69, 9.17) is 11.6 Å². The smallest absolute Gasteiger partial charge is 0.329 e. The van der Waals surface area contributed by atoms with Gasteiger partial charge in [-0.25, -0.2) is 5.43 Å². The number of carbonyl (C=O) groups excluding carboxylic acids is 3. The van der Waals surface area contributed by atoms with E-state index in [2.05, 4.69) is 21.2 Å². The van der Waals surface area contributed by atoms with Gasteiger partial charge in [-0.2, -0.15) is 5.10 Å². The van der Waals surface area contributed by atoms with Crippen LogP contribution in [0.2, 0.25) is 5.02 Å². The van der Waals surface area contributed by atoms with Crippen LogP contribution in [0.5, 0.6) is 0 Å². The molecule has 0 aromatic heterocycles. The fourth-order valence-corrected chi connectivity index (χ4v) is 1.94. The molecule has 3 N–H and O–H groups in total. The molecular formula is C16H21ClN4O3. The maximum atomic E-state index is 11.8. The van der Waals surface area contributed by atoms with Gasteiger partial charge in [0.1, 0.15) is 0 Å². The van der Waals surface area contributed by atoms with Gasteiger partial charge in [0.15, 0.2) is 0 Å². The van der Waals surface area contributed by atoms with Crippen molar-refractivity contribution in [1.29, 1.82) is 0 Å². The summed E-state index contributed by atoms with van der Waals surface area (Å²) in [6.07, 6.45) is 0.0352. The van der Waals surface area contributed by atoms with Crippen molar-refractivity contribution in [3.8, 4) is 0 Å². The number of halogens is 1. The average Bonchev–Trinajstić information content (AvgIpc) is 2.48. The summed E-state index contributed by atoms with van der Waals surface area (Å²) in [6.45, 7) is 6.99. The first-order valence-electron chi connectivity index (χ1n) is 7.39. The van der Waals surface area contributed by atoms with Crippen molar-refractivity contribution in [1.82, 2.24) is 10.7 Å². The van der Waals surface area contributed by atoms with E-state index in [9.17, 15) is 14.4 Å². The number of nitrogens with one attached hydrogen (secondary N) is 3. The lowest BCUT2D eigenvalue weighted by molar-refractivity contribution is -0.136. The number of amides is 3. The number of carbonyl (C=O) groups is 3. The van der Waals surface area contributed by atoms with E-state index < -0.39 is 11.8 Å². The minimum atomic E-state index is -0.932. The van der Waals surface area contributed by atoms with Gasteiger partial charge in [0.25, 0.3) is 0 Å². The van der Waals surface area contributed by atoms with Gasteiger partial charge in [-0.15, -0.1) is 0 Å². The van der Waals surface area contributed by atoms with Crippen LogP contribution in [0.1, 0.15) is 32.8 Å². The molecule has 0 atom stereocenters. The Balaban J connectivity index is 2.58. The number of hydrazone groups is 1. The van der Waals surface area contributed by atoms with Crippen molar-refractivity contribution in [3.05, 3.63) is 28.8 Å². The third-order valence-electron chi connectivity index (χ3n) is 2.94. The summed E-state index contributed by atoms with van der Waals surface area (Å²) in [5.74, 6) is -2.01. The third-order valence-corrected chi connectivity index (χ3v) is 3.35. The predicted molar refractivity (Wildman–Crippen MR) is 94.0 cm³/mol. The van der Waals surface area contributed by atoms with Crippen LogP contribution in [0.25, 0.3) is 0 Å². The second-order valence-electron chi connectivity index (χ2n) is 5.55. The second-order valence-corrected chi connectivity index (χ2v) is 5.96. The Kier molecular flexibility index (Phi) is 7.38. The predicted octanol–water partition coefficient (Wildman–Crippen LogP) is 1.99. The van der Waals surface area contributed by atoms with Crippen LogP contribution in [0.15, 0.2) is 23.3 Å². The van der Waals surface area contributed by atoms with Gasteiger partial charge < -0.3 is 10.6 Å². The van der Waals surface area contributed by atoms with E-state index in [-0.39, 0.29) is 18.4 Å².